The van der Waals surface area contributed by atoms with E-state index in [0.29, 0.717) is 23.4 Å². The number of halogens is 1. The zero-order valence-corrected chi connectivity index (χ0v) is 13.7. The predicted octanol–water partition coefficient (Wildman–Crippen LogP) is 2.26. The molecule has 2 aromatic carbocycles. The highest BCUT2D eigenvalue weighted by atomic mass is 19.1. The third-order valence-corrected chi connectivity index (χ3v) is 3.47. The molecule has 0 fully saturated rings. The van der Waals surface area contributed by atoms with Crippen molar-refractivity contribution >= 4 is 17.5 Å². The third kappa shape index (κ3) is 4.89. The van der Waals surface area contributed by atoms with Crippen LogP contribution in [0.15, 0.2) is 48.5 Å². The average Bonchev–Trinajstić information content (AvgIpc) is 2.56. The number of rotatable bonds is 6. The summed E-state index contributed by atoms with van der Waals surface area (Å²) in [7, 11) is 3.31. The number of hydrogen-bond acceptors (Lipinski definition) is 3. The molecular formula is C18H20FN3O2. The summed E-state index contributed by atoms with van der Waals surface area (Å²) in [6.07, 6.45) is 0. The standard InChI is InChI=1S/C18H20FN3O2/c1-20-18(24)13-7-9-15(10-8-13)21-17(23)12-22(2)11-14-5-3-4-6-16(14)19/h3-10H,11-12H2,1-2H3,(H,20,24)(H,21,23). The van der Waals surface area contributed by atoms with Gasteiger partial charge in [-0.25, -0.2) is 4.39 Å². The molecule has 0 aromatic heterocycles. The lowest BCUT2D eigenvalue weighted by atomic mass is 10.2. The number of likely N-dealkylation sites (N-methyl/N-ethyl adjacent to an activating group) is 1. The molecule has 5 nitrogen and oxygen atoms in total. The van der Waals surface area contributed by atoms with Gasteiger partial charge in [0.1, 0.15) is 5.82 Å². The molecule has 2 amide bonds. The van der Waals surface area contributed by atoms with E-state index >= 15 is 0 Å². The third-order valence-electron chi connectivity index (χ3n) is 3.47. The molecule has 0 unspecified atom stereocenters. The number of carbonyl (C=O) groups is 2. The quantitative estimate of drug-likeness (QED) is 0.854. The molecule has 0 aliphatic heterocycles. The second-order valence-corrected chi connectivity index (χ2v) is 5.47. The topological polar surface area (TPSA) is 61.4 Å². The van der Waals surface area contributed by atoms with Gasteiger partial charge in [0, 0.05) is 30.4 Å². The first-order valence-electron chi connectivity index (χ1n) is 7.53. The zero-order valence-electron chi connectivity index (χ0n) is 13.7. The number of hydrogen-bond donors (Lipinski definition) is 2. The van der Waals surface area contributed by atoms with Crippen LogP contribution in [0.3, 0.4) is 0 Å². The molecule has 6 heteroatoms. The largest absolute Gasteiger partial charge is 0.355 e. The highest BCUT2D eigenvalue weighted by molar-refractivity contribution is 5.96. The lowest BCUT2D eigenvalue weighted by Gasteiger charge is -2.16. The molecule has 0 aliphatic carbocycles. The van der Waals surface area contributed by atoms with Gasteiger partial charge in [0.25, 0.3) is 5.91 Å². The van der Waals surface area contributed by atoms with Gasteiger partial charge in [0.05, 0.1) is 6.54 Å². The highest BCUT2D eigenvalue weighted by Gasteiger charge is 2.10. The predicted molar refractivity (Wildman–Crippen MR) is 91.2 cm³/mol. The minimum atomic E-state index is -0.283. The summed E-state index contributed by atoms with van der Waals surface area (Å²) in [5, 5.41) is 5.28. The van der Waals surface area contributed by atoms with Crippen molar-refractivity contribution in [3.8, 4) is 0 Å². The average molecular weight is 329 g/mol. The van der Waals surface area contributed by atoms with Crippen molar-refractivity contribution in [3.63, 3.8) is 0 Å². The Bertz CT molecular complexity index is 716. The fourth-order valence-corrected chi connectivity index (χ4v) is 2.27. The highest BCUT2D eigenvalue weighted by Crippen LogP contribution is 2.11. The maximum atomic E-state index is 13.6. The fourth-order valence-electron chi connectivity index (χ4n) is 2.27. The van der Waals surface area contributed by atoms with Crippen LogP contribution in [0.5, 0.6) is 0 Å². The molecule has 0 heterocycles. The Kier molecular flexibility index (Phi) is 6.03. The Morgan fingerprint density at radius 1 is 1.08 bits per heavy atom. The molecule has 126 valence electrons. The summed E-state index contributed by atoms with van der Waals surface area (Å²) in [5.74, 6) is -0.673. The fraction of sp³-hybridized carbons (Fsp3) is 0.222. The second kappa shape index (κ2) is 8.21. The van der Waals surface area contributed by atoms with Crippen LogP contribution in [-0.4, -0.2) is 37.4 Å². The van der Waals surface area contributed by atoms with E-state index in [1.807, 2.05) is 0 Å². The van der Waals surface area contributed by atoms with E-state index in [1.165, 1.54) is 6.07 Å². The number of benzene rings is 2. The Morgan fingerprint density at radius 3 is 2.38 bits per heavy atom. The van der Waals surface area contributed by atoms with Crippen LogP contribution in [0.25, 0.3) is 0 Å². The minimum Gasteiger partial charge on any atom is -0.355 e. The van der Waals surface area contributed by atoms with Crippen LogP contribution in [0.4, 0.5) is 10.1 Å². The monoisotopic (exact) mass is 329 g/mol. The van der Waals surface area contributed by atoms with Gasteiger partial charge in [-0.05, 0) is 37.4 Å². The first kappa shape index (κ1) is 17.6. The molecule has 0 saturated heterocycles. The van der Waals surface area contributed by atoms with Crippen LogP contribution < -0.4 is 10.6 Å². The van der Waals surface area contributed by atoms with Gasteiger partial charge >= 0.3 is 0 Å². The number of nitrogens with zero attached hydrogens (tertiary/aromatic N) is 1. The van der Waals surface area contributed by atoms with Crippen molar-refractivity contribution < 1.29 is 14.0 Å². The Labute approximate surface area is 140 Å². The van der Waals surface area contributed by atoms with Crippen molar-refractivity contribution in [1.82, 2.24) is 10.2 Å². The van der Waals surface area contributed by atoms with Crippen molar-refractivity contribution in [2.24, 2.45) is 0 Å². The number of anilines is 1. The maximum absolute atomic E-state index is 13.6. The molecular weight excluding hydrogens is 309 g/mol. The number of nitrogens with one attached hydrogen (secondary N) is 2. The molecule has 2 rings (SSSR count). The van der Waals surface area contributed by atoms with Crippen LogP contribution >= 0.6 is 0 Å². The van der Waals surface area contributed by atoms with E-state index in [2.05, 4.69) is 10.6 Å². The van der Waals surface area contributed by atoms with Crippen molar-refractivity contribution in [3.05, 3.63) is 65.5 Å². The van der Waals surface area contributed by atoms with Gasteiger partial charge in [-0.3, -0.25) is 14.5 Å². The summed E-state index contributed by atoms with van der Waals surface area (Å²) >= 11 is 0. The van der Waals surface area contributed by atoms with Crippen LogP contribution in [-0.2, 0) is 11.3 Å². The van der Waals surface area contributed by atoms with Gasteiger partial charge in [-0.15, -0.1) is 0 Å². The van der Waals surface area contributed by atoms with Crippen molar-refractivity contribution in [1.29, 1.82) is 0 Å². The Hall–Kier alpha value is -2.73. The number of carbonyl (C=O) groups excluding carboxylic acids is 2. The van der Waals surface area contributed by atoms with Crippen LogP contribution in [0.1, 0.15) is 15.9 Å². The normalized spacial score (nSPS) is 10.5. The molecule has 0 atom stereocenters. The SMILES string of the molecule is CNC(=O)c1ccc(NC(=O)CN(C)Cc2ccccc2F)cc1. The molecule has 2 N–H and O–H groups in total. The molecule has 0 spiro atoms. The van der Waals surface area contributed by atoms with E-state index in [0.717, 1.165) is 0 Å². The van der Waals surface area contributed by atoms with Gasteiger partial charge in [-0.1, -0.05) is 18.2 Å². The summed E-state index contributed by atoms with van der Waals surface area (Å²) in [4.78, 5) is 25.2. The molecule has 0 aliphatic rings. The zero-order chi connectivity index (χ0) is 17.5. The van der Waals surface area contributed by atoms with Gasteiger partial charge in [0.15, 0.2) is 0 Å². The van der Waals surface area contributed by atoms with Gasteiger partial charge in [-0.2, -0.15) is 0 Å². The molecule has 24 heavy (non-hydrogen) atoms. The smallest absolute Gasteiger partial charge is 0.251 e. The summed E-state index contributed by atoms with van der Waals surface area (Å²) < 4.78 is 13.6. The summed E-state index contributed by atoms with van der Waals surface area (Å²) in [6, 6.07) is 13.1. The lowest BCUT2D eigenvalue weighted by molar-refractivity contribution is -0.117. The van der Waals surface area contributed by atoms with E-state index in [4.69, 9.17) is 0 Å². The molecule has 0 saturated carbocycles. The number of amides is 2. The van der Waals surface area contributed by atoms with Crippen LogP contribution in [0.2, 0.25) is 0 Å². The first-order valence-corrected chi connectivity index (χ1v) is 7.53. The Morgan fingerprint density at radius 2 is 1.75 bits per heavy atom. The van der Waals surface area contributed by atoms with E-state index in [9.17, 15) is 14.0 Å². The maximum Gasteiger partial charge on any atom is 0.251 e. The molecule has 2 aromatic rings. The summed E-state index contributed by atoms with van der Waals surface area (Å²) in [6.45, 7) is 0.473. The minimum absolute atomic E-state index is 0.130. The molecule has 0 radical (unpaired) electrons. The summed E-state index contributed by atoms with van der Waals surface area (Å²) in [5.41, 5.74) is 1.67. The van der Waals surface area contributed by atoms with Crippen molar-refractivity contribution in [2.75, 3.05) is 26.0 Å². The van der Waals surface area contributed by atoms with E-state index < -0.39 is 0 Å². The van der Waals surface area contributed by atoms with Gasteiger partial charge < -0.3 is 10.6 Å². The van der Waals surface area contributed by atoms with Crippen LogP contribution in [0, 0.1) is 5.82 Å². The lowest BCUT2D eigenvalue weighted by Crippen LogP contribution is -2.30. The first-order chi connectivity index (χ1) is 11.5. The second-order valence-electron chi connectivity index (χ2n) is 5.47. The Balaban J connectivity index is 1.88. The van der Waals surface area contributed by atoms with E-state index in [-0.39, 0.29) is 24.2 Å². The van der Waals surface area contributed by atoms with Gasteiger partial charge in [0.2, 0.25) is 5.91 Å². The van der Waals surface area contributed by atoms with Crippen molar-refractivity contribution in [2.45, 2.75) is 6.54 Å². The molecule has 0 bridgehead atoms. The van der Waals surface area contributed by atoms with E-state index in [1.54, 1.807) is 61.5 Å².